The summed E-state index contributed by atoms with van der Waals surface area (Å²) in [5.41, 5.74) is 4.64. The molecule has 2 saturated heterocycles. The zero-order chi connectivity index (χ0) is 25.3. The minimum atomic E-state index is -1.22. The number of tetrazole rings is 1. The van der Waals surface area contributed by atoms with Gasteiger partial charge in [-0.05, 0) is 10.4 Å². The van der Waals surface area contributed by atoms with Gasteiger partial charge in [-0.25, -0.2) is 9.67 Å². The number of carbonyl (C=O) groups is 4. The second-order valence-electron chi connectivity index (χ2n) is 7.86. The lowest BCUT2D eigenvalue weighted by Gasteiger charge is -2.53. The summed E-state index contributed by atoms with van der Waals surface area (Å²) < 4.78 is 1.44. The number of hydrogen-bond acceptors (Lipinski definition) is 12. The average molecular weight is 541 g/mol. The molecule has 0 bridgehead atoms. The van der Waals surface area contributed by atoms with Gasteiger partial charge in [0.25, 0.3) is 5.91 Å². The molecule has 3 atom stereocenters. The first-order valence-electron chi connectivity index (χ1n) is 10.1. The van der Waals surface area contributed by atoms with Crippen molar-refractivity contribution in [2.75, 3.05) is 23.8 Å². The van der Waals surface area contributed by atoms with E-state index >= 15 is 0 Å². The molecule has 14 nitrogen and oxygen atoms in total. The molecule has 2 amide bonds. The fourth-order valence-corrected chi connectivity index (χ4v) is 6.86. The number of carboxylic acid groups (broad SMARTS) is 2. The maximum Gasteiger partial charge on any atom is 0.313 e. The van der Waals surface area contributed by atoms with Crippen LogP contribution in [0.3, 0.4) is 0 Å². The molecule has 17 heteroatoms. The van der Waals surface area contributed by atoms with Crippen molar-refractivity contribution in [3.8, 4) is 0 Å². The molecule has 2 aromatic rings. The number of nitrogens with zero attached hydrogens (tertiary/aromatic N) is 6. The highest BCUT2D eigenvalue weighted by Gasteiger charge is 2.57. The van der Waals surface area contributed by atoms with Crippen LogP contribution in [0.5, 0.6) is 0 Å². The van der Waals surface area contributed by atoms with Crippen LogP contribution in [-0.4, -0.2) is 93.5 Å². The summed E-state index contributed by atoms with van der Waals surface area (Å²) in [6.07, 6.45) is 0.804. The number of nitrogens with two attached hydrogens (primary N) is 1. The summed E-state index contributed by atoms with van der Waals surface area (Å²) in [5, 5.41) is 34.5. The lowest BCUT2D eigenvalue weighted by Crippen LogP contribution is -2.74. The molecule has 2 unspecified atom stereocenters. The van der Waals surface area contributed by atoms with Crippen LogP contribution < -0.4 is 11.1 Å². The van der Waals surface area contributed by atoms with Crippen molar-refractivity contribution in [2.45, 2.75) is 23.0 Å². The third-order valence-corrected chi connectivity index (χ3v) is 9.03. The molecule has 35 heavy (non-hydrogen) atoms. The second kappa shape index (κ2) is 9.82. The lowest BCUT2D eigenvalue weighted by atomic mass is 9.89. The van der Waals surface area contributed by atoms with Crippen LogP contribution >= 0.6 is 34.9 Å². The Morgan fingerprint density at radius 1 is 1.40 bits per heavy atom. The molecular weight excluding hydrogens is 520 g/mol. The van der Waals surface area contributed by atoms with Crippen LogP contribution in [0.25, 0.3) is 5.57 Å². The van der Waals surface area contributed by atoms with E-state index in [1.807, 2.05) is 0 Å². The summed E-state index contributed by atoms with van der Waals surface area (Å²) in [5.74, 6) is -2.87. The van der Waals surface area contributed by atoms with Gasteiger partial charge in [-0.2, -0.15) is 0 Å². The van der Waals surface area contributed by atoms with Crippen LogP contribution in [0.2, 0.25) is 0 Å². The van der Waals surface area contributed by atoms with E-state index in [9.17, 15) is 24.3 Å². The number of carboxylic acids is 2. The van der Waals surface area contributed by atoms with E-state index in [1.165, 1.54) is 44.6 Å². The SMILES string of the molecule is Cn1nnnc1SCC1(C(=O)O)CS[C@@H]2C(NC(=O)C(=CCC(=O)O)c3csc(N)n3)C(=O)N2C1. The van der Waals surface area contributed by atoms with E-state index in [1.54, 1.807) is 7.05 Å². The largest absolute Gasteiger partial charge is 0.481 e. The number of aromatic nitrogens is 5. The fraction of sp³-hybridized carbons (Fsp3) is 0.444. The highest BCUT2D eigenvalue weighted by Crippen LogP contribution is 2.44. The Morgan fingerprint density at radius 3 is 2.77 bits per heavy atom. The topological polar surface area (TPSA) is 207 Å². The molecule has 2 aliphatic heterocycles. The fourth-order valence-electron chi connectivity index (χ4n) is 3.59. The Bertz CT molecular complexity index is 1210. The van der Waals surface area contributed by atoms with Gasteiger partial charge in [0.15, 0.2) is 5.13 Å². The highest BCUT2D eigenvalue weighted by molar-refractivity contribution is 8.00. The Morgan fingerprint density at radius 2 is 2.17 bits per heavy atom. The number of thioether (sulfide) groups is 2. The zero-order valence-corrected chi connectivity index (χ0v) is 20.6. The quantitative estimate of drug-likeness (QED) is 0.178. The summed E-state index contributed by atoms with van der Waals surface area (Å²) in [6.45, 7) is -0.0200. The van der Waals surface area contributed by atoms with Crippen LogP contribution in [-0.2, 0) is 26.2 Å². The lowest BCUT2D eigenvalue weighted by molar-refractivity contribution is -0.157. The van der Waals surface area contributed by atoms with Gasteiger partial charge in [0, 0.05) is 30.5 Å². The number of amides is 2. The minimum absolute atomic E-state index is 0.000906. The van der Waals surface area contributed by atoms with E-state index in [-0.39, 0.29) is 34.4 Å². The van der Waals surface area contributed by atoms with Crippen molar-refractivity contribution < 1.29 is 29.4 Å². The minimum Gasteiger partial charge on any atom is -0.481 e. The average Bonchev–Trinajstić information content (AvgIpc) is 3.43. The number of thiazole rings is 1. The molecule has 186 valence electrons. The van der Waals surface area contributed by atoms with Crippen molar-refractivity contribution in [3.05, 3.63) is 17.2 Å². The van der Waals surface area contributed by atoms with E-state index < -0.39 is 47.0 Å². The molecular formula is C18H20N8O6S3. The molecule has 0 spiro atoms. The number of fused-ring (bicyclic) bond motifs is 1. The number of hydrogen-bond donors (Lipinski definition) is 4. The zero-order valence-electron chi connectivity index (χ0n) is 18.2. The van der Waals surface area contributed by atoms with E-state index in [4.69, 9.17) is 10.8 Å². The highest BCUT2D eigenvalue weighted by atomic mass is 32.2. The van der Waals surface area contributed by atoms with Crippen molar-refractivity contribution in [2.24, 2.45) is 12.5 Å². The third-order valence-electron chi connectivity index (χ3n) is 5.47. The second-order valence-corrected chi connectivity index (χ2v) is 10.8. The Hall–Kier alpha value is -3.18. The maximum absolute atomic E-state index is 12.9. The number of rotatable bonds is 9. The van der Waals surface area contributed by atoms with Gasteiger partial charge < -0.3 is 26.2 Å². The van der Waals surface area contributed by atoms with Crippen LogP contribution in [0, 0.1) is 5.41 Å². The van der Waals surface area contributed by atoms with Gasteiger partial charge in [0.2, 0.25) is 11.1 Å². The number of β-lactam (4-membered cyclic amide) rings is 1. The predicted molar refractivity (Wildman–Crippen MR) is 126 cm³/mol. The van der Waals surface area contributed by atoms with Crippen molar-refractivity contribution in [1.29, 1.82) is 0 Å². The van der Waals surface area contributed by atoms with Gasteiger partial charge >= 0.3 is 11.9 Å². The van der Waals surface area contributed by atoms with Gasteiger partial charge in [-0.15, -0.1) is 28.2 Å². The number of aryl methyl sites for hydroxylation is 1. The van der Waals surface area contributed by atoms with E-state index in [2.05, 4.69) is 25.8 Å². The number of nitrogen functional groups attached to an aromatic ring is 1. The summed E-state index contributed by atoms with van der Waals surface area (Å²) in [6, 6.07) is -0.876. The standard InChI is InChI=1S/C18H20N8O6S3/c1-25-17(22-23-24-25)35-7-18(15(31)32)5-26-13(30)11(14(26)34-6-18)21-12(29)8(2-3-10(27)28)9-4-33-16(19)20-9/h2,4,11,14H,3,5-7H2,1H3,(H2,19,20)(H,21,29)(H,27,28)(H,31,32)/t11?,14-,18?/m1/s1. The normalized spacial score (nSPS) is 24.0. The van der Waals surface area contributed by atoms with Crippen molar-refractivity contribution in [1.82, 2.24) is 35.4 Å². The molecule has 0 radical (unpaired) electrons. The molecule has 2 aromatic heterocycles. The number of nitrogens with one attached hydrogen (secondary N) is 1. The van der Waals surface area contributed by atoms with Crippen LogP contribution in [0.4, 0.5) is 5.13 Å². The first-order chi connectivity index (χ1) is 16.6. The predicted octanol–water partition coefficient (Wildman–Crippen LogP) is -0.630. The number of anilines is 1. The number of aliphatic carboxylic acids is 2. The monoisotopic (exact) mass is 540 g/mol. The van der Waals surface area contributed by atoms with Crippen LogP contribution in [0.1, 0.15) is 12.1 Å². The molecule has 2 aliphatic rings. The Balaban J connectivity index is 1.44. The van der Waals surface area contributed by atoms with Gasteiger partial charge in [0.1, 0.15) is 16.8 Å². The van der Waals surface area contributed by atoms with Gasteiger partial charge in [-0.1, -0.05) is 17.8 Å². The van der Waals surface area contributed by atoms with Gasteiger partial charge in [-0.3, -0.25) is 19.2 Å². The van der Waals surface area contributed by atoms with Crippen LogP contribution in [0.15, 0.2) is 16.6 Å². The van der Waals surface area contributed by atoms with Crippen molar-refractivity contribution in [3.63, 3.8) is 0 Å². The van der Waals surface area contributed by atoms with Crippen molar-refractivity contribution >= 4 is 69.3 Å². The Labute approximate surface area is 210 Å². The number of carbonyl (C=O) groups excluding carboxylic acids is 2. The summed E-state index contributed by atoms with van der Waals surface area (Å²) in [4.78, 5) is 54.5. The van der Waals surface area contributed by atoms with E-state index in [0.717, 1.165) is 11.3 Å². The van der Waals surface area contributed by atoms with Gasteiger partial charge in [0.05, 0.1) is 17.7 Å². The molecule has 4 rings (SSSR count). The molecule has 0 aliphatic carbocycles. The molecule has 4 heterocycles. The smallest absolute Gasteiger partial charge is 0.313 e. The molecule has 2 fully saturated rings. The first kappa shape index (κ1) is 24.9. The third kappa shape index (κ3) is 4.96. The maximum atomic E-state index is 12.9. The summed E-state index contributed by atoms with van der Waals surface area (Å²) >= 11 is 3.55. The molecule has 0 saturated carbocycles. The van der Waals surface area contributed by atoms with E-state index in [0.29, 0.717) is 5.16 Å². The summed E-state index contributed by atoms with van der Waals surface area (Å²) in [7, 11) is 1.65. The molecule has 0 aromatic carbocycles. The molecule has 5 N–H and O–H groups in total. The first-order valence-corrected chi connectivity index (χ1v) is 13.0. The Kier molecular flexibility index (Phi) is 7.00.